The van der Waals surface area contributed by atoms with Crippen molar-refractivity contribution < 1.29 is 52.1 Å². The van der Waals surface area contributed by atoms with Gasteiger partial charge in [-0.1, -0.05) is 0 Å². The molecule has 0 aromatic rings. The molecule has 1 aliphatic carbocycles. The first kappa shape index (κ1) is 49.7. The molecule has 0 N–H and O–H groups in total. The fourth-order valence-electron chi connectivity index (χ4n) is 5.40. The zero-order chi connectivity index (χ0) is 37.9. The van der Waals surface area contributed by atoms with Crippen LogP contribution >= 0.6 is 0 Å². The van der Waals surface area contributed by atoms with E-state index in [4.69, 9.17) is 52.1 Å². The van der Waals surface area contributed by atoms with Gasteiger partial charge in [-0.3, -0.25) is 0 Å². The summed E-state index contributed by atoms with van der Waals surface area (Å²) < 4.78 is 62.2. The molecule has 1 heterocycles. The second-order valence-electron chi connectivity index (χ2n) is 14.8. The Hall–Kier alpha value is -0.440. The standard InChI is InChI=1S/C43H84O11/c1(21-44-23-3-5-25-46-27-7-9-29-48-31-11-13-33-50-35-15-17-37-52-39-42-19-20-42)2-22-45-24-4-6-26-47-28-8-10-30-49-32-12-14-34-51-36-16-18-38-53-40-43-41-54-43/h42-43H,1-41H2. The third kappa shape index (κ3) is 41.2. The number of hydrogen-bond acceptors (Lipinski definition) is 11. The van der Waals surface area contributed by atoms with Crippen LogP contribution in [0.4, 0.5) is 0 Å². The van der Waals surface area contributed by atoms with E-state index in [0.717, 1.165) is 260 Å². The quantitative estimate of drug-likeness (QED) is 0.0444. The van der Waals surface area contributed by atoms with Crippen LogP contribution in [0.1, 0.15) is 128 Å². The highest BCUT2D eigenvalue weighted by Crippen LogP contribution is 2.28. The maximum atomic E-state index is 5.76. The van der Waals surface area contributed by atoms with E-state index in [1.54, 1.807) is 0 Å². The van der Waals surface area contributed by atoms with Crippen LogP contribution in [0.2, 0.25) is 0 Å². The van der Waals surface area contributed by atoms with Crippen LogP contribution in [0.15, 0.2) is 0 Å². The molecule has 1 saturated heterocycles. The van der Waals surface area contributed by atoms with Crippen molar-refractivity contribution in [2.24, 2.45) is 5.92 Å². The van der Waals surface area contributed by atoms with E-state index in [1.165, 1.54) is 12.8 Å². The minimum atomic E-state index is 0.363. The van der Waals surface area contributed by atoms with Gasteiger partial charge in [-0.25, -0.2) is 0 Å². The second-order valence-corrected chi connectivity index (χ2v) is 14.8. The highest BCUT2D eigenvalue weighted by Gasteiger charge is 2.22. The minimum absolute atomic E-state index is 0.363. The lowest BCUT2D eigenvalue weighted by Crippen LogP contribution is -2.05. The van der Waals surface area contributed by atoms with Crippen LogP contribution in [-0.2, 0) is 52.1 Å². The molecule has 1 atom stereocenters. The maximum absolute atomic E-state index is 5.76. The molecule has 11 heteroatoms. The zero-order valence-corrected chi connectivity index (χ0v) is 34.6. The number of hydrogen-bond donors (Lipinski definition) is 0. The van der Waals surface area contributed by atoms with Crippen molar-refractivity contribution in [2.75, 3.05) is 139 Å². The van der Waals surface area contributed by atoms with Crippen LogP contribution in [-0.4, -0.2) is 145 Å². The van der Waals surface area contributed by atoms with Gasteiger partial charge in [-0.05, 0) is 134 Å². The Bertz CT molecular complexity index is 653. The summed E-state index contributed by atoms with van der Waals surface area (Å²) in [6, 6.07) is 0. The second kappa shape index (κ2) is 42.2. The van der Waals surface area contributed by atoms with Crippen LogP contribution in [0, 0.1) is 5.92 Å². The molecule has 0 amide bonds. The average molecular weight is 777 g/mol. The van der Waals surface area contributed by atoms with Gasteiger partial charge in [-0.2, -0.15) is 0 Å². The molecule has 2 aliphatic rings. The molecule has 2 fully saturated rings. The lowest BCUT2D eigenvalue weighted by Gasteiger charge is -2.08. The van der Waals surface area contributed by atoms with Crippen LogP contribution in [0.25, 0.3) is 0 Å². The van der Waals surface area contributed by atoms with Gasteiger partial charge in [-0.15, -0.1) is 0 Å². The Morgan fingerprint density at radius 2 is 0.444 bits per heavy atom. The molecule has 1 unspecified atom stereocenters. The smallest absolute Gasteiger partial charge is 0.104 e. The molecular weight excluding hydrogens is 692 g/mol. The Morgan fingerprint density at radius 1 is 0.259 bits per heavy atom. The van der Waals surface area contributed by atoms with Gasteiger partial charge < -0.3 is 52.1 Å². The van der Waals surface area contributed by atoms with E-state index in [9.17, 15) is 0 Å². The van der Waals surface area contributed by atoms with Crippen molar-refractivity contribution in [3.63, 3.8) is 0 Å². The Kier molecular flexibility index (Phi) is 38.8. The summed E-state index contributed by atoms with van der Waals surface area (Å²) in [5, 5.41) is 0. The SMILES string of the molecule is C(CCOCCCCOCCCCOCCCCOCCCCOCC1CO1)COCCCCOCCCCOCCCCOCCCCOCC1CC1. The molecule has 0 spiro atoms. The van der Waals surface area contributed by atoms with E-state index >= 15 is 0 Å². The summed E-state index contributed by atoms with van der Waals surface area (Å²) in [5.74, 6) is 0.862. The summed E-state index contributed by atoms with van der Waals surface area (Å²) in [6.45, 7) is 17.4. The summed E-state index contributed by atoms with van der Waals surface area (Å²) in [5.41, 5.74) is 0. The number of unbranched alkanes of at least 4 members (excludes halogenated alkanes) is 9. The Morgan fingerprint density at radius 3 is 0.630 bits per heavy atom. The minimum Gasteiger partial charge on any atom is -0.381 e. The molecular formula is C43H84O11. The van der Waals surface area contributed by atoms with Gasteiger partial charge in [0.25, 0.3) is 0 Å². The van der Waals surface area contributed by atoms with E-state index < -0.39 is 0 Å². The third-order valence-corrected chi connectivity index (χ3v) is 9.20. The predicted octanol–water partition coefficient (Wildman–Crippen LogP) is 7.98. The molecule has 0 aromatic heterocycles. The summed E-state index contributed by atoms with van der Waals surface area (Å²) in [4.78, 5) is 0. The van der Waals surface area contributed by atoms with Crippen molar-refractivity contribution in [3.8, 4) is 0 Å². The van der Waals surface area contributed by atoms with E-state index in [0.29, 0.717) is 6.10 Å². The number of epoxide rings is 1. The highest BCUT2D eigenvalue weighted by atomic mass is 16.6. The van der Waals surface area contributed by atoms with Gasteiger partial charge >= 0.3 is 0 Å². The summed E-state index contributed by atoms with van der Waals surface area (Å²) in [7, 11) is 0. The first-order valence-electron chi connectivity index (χ1n) is 22.3. The predicted molar refractivity (Wildman–Crippen MR) is 214 cm³/mol. The largest absolute Gasteiger partial charge is 0.381 e. The molecule has 1 saturated carbocycles. The lowest BCUT2D eigenvalue weighted by molar-refractivity contribution is 0.0766. The fraction of sp³-hybridized carbons (Fsp3) is 1.00. The fourth-order valence-corrected chi connectivity index (χ4v) is 5.40. The topological polar surface area (TPSA) is 105 Å². The normalized spacial score (nSPS) is 15.4. The first-order valence-corrected chi connectivity index (χ1v) is 22.3. The van der Waals surface area contributed by atoms with Crippen molar-refractivity contribution in [1.29, 1.82) is 0 Å². The van der Waals surface area contributed by atoms with E-state index in [2.05, 4.69) is 0 Å². The molecule has 1 aliphatic heterocycles. The van der Waals surface area contributed by atoms with Crippen molar-refractivity contribution in [3.05, 3.63) is 0 Å². The van der Waals surface area contributed by atoms with Gasteiger partial charge in [0.1, 0.15) is 6.10 Å². The lowest BCUT2D eigenvalue weighted by atomic mass is 10.3. The molecule has 0 radical (unpaired) electrons. The summed E-state index contributed by atoms with van der Waals surface area (Å²) in [6.07, 6.45) is 22.2. The molecule has 2 rings (SSSR count). The van der Waals surface area contributed by atoms with Gasteiger partial charge in [0, 0.05) is 126 Å². The first-order chi connectivity index (χ1) is 26.9. The monoisotopic (exact) mass is 777 g/mol. The number of rotatable bonds is 49. The highest BCUT2D eigenvalue weighted by molar-refractivity contribution is 4.71. The molecule has 11 nitrogen and oxygen atoms in total. The molecule has 0 aromatic carbocycles. The zero-order valence-electron chi connectivity index (χ0n) is 34.6. The van der Waals surface area contributed by atoms with Crippen LogP contribution in [0.5, 0.6) is 0 Å². The van der Waals surface area contributed by atoms with Crippen LogP contribution < -0.4 is 0 Å². The van der Waals surface area contributed by atoms with E-state index in [1.807, 2.05) is 0 Å². The van der Waals surface area contributed by atoms with E-state index in [-0.39, 0.29) is 0 Å². The molecule has 322 valence electrons. The van der Waals surface area contributed by atoms with Crippen molar-refractivity contribution in [1.82, 2.24) is 0 Å². The average Bonchev–Trinajstić information content (AvgIpc) is 4.13. The Labute approximate surface area is 330 Å². The molecule has 54 heavy (non-hydrogen) atoms. The third-order valence-electron chi connectivity index (χ3n) is 9.20. The molecule has 0 bridgehead atoms. The Balaban J connectivity index is 1.08. The van der Waals surface area contributed by atoms with Gasteiger partial charge in [0.05, 0.1) is 13.2 Å². The summed E-state index contributed by atoms with van der Waals surface area (Å²) >= 11 is 0. The van der Waals surface area contributed by atoms with Crippen molar-refractivity contribution >= 4 is 0 Å². The van der Waals surface area contributed by atoms with Crippen molar-refractivity contribution in [2.45, 2.75) is 135 Å². The van der Waals surface area contributed by atoms with Gasteiger partial charge in [0.2, 0.25) is 0 Å². The van der Waals surface area contributed by atoms with Crippen LogP contribution in [0.3, 0.4) is 0 Å². The number of ether oxygens (including phenoxy) is 11. The maximum Gasteiger partial charge on any atom is 0.104 e. The van der Waals surface area contributed by atoms with Gasteiger partial charge in [0.15, 0.2) is 0 Å².